The summed E-state index contributed by atoms with van der Waals surface area (Å²) in [5.41, 5.74) is 2.16. The van der Waals surface area contributed by atoms with E-state index in [4.69, 9.17) is 9.47 Å². The lowest BCUT2D eigenvalue weighted by Gasteiger charge is -2.18. The maximum Gasteiger partial charge on any atom is 0.272 e. The number of aromatic amines is 1. The van der Waals surface area contributed by atoms with Crippen LogP contribution in [-0.2, 0) is 6.54 Å². The first-order valence-electron chi connectivity index (χ1n) is 7.55. The Kier molecular flexibility index (Phi) is 3.92. The fourth-order valence-electron chi connectivity index (χ4n) is 2.47. The highest BCUT2D eigenvalue weighted by atomic mass is 32.1. The van der Waals surface area contributed by atoms with E-state index in [9.17, 15) is 4.79 Å². The Morgan fingerprint density at radius 3 is 2.92 bits per heavy atom. The largest absolute Gasteiger partial charge is 0.486 e. The summed E-state index contributed by atoms with van der Waals surface area (Å²) in [7, 11) is 0. The van der Waals surface area contributed by atoms with Crippen LogP contribution in [0.4, 0.5) is 0 Å². The summed E-state index contributed by atoms with van der Waals surface area (Å²) in [6.45, 7) is 1.51. The summed E-state index contributed by atoms with van der Waals surface area (Å²) in [6.07, 6.45) is 0. The van der Waals surface area contributed by atoms with Gasteiger partial charge in [0.25, 0.3) is 5.91 Å². The lowest BCUT2D eigenvalue weighted by Crippen LogP contribution is -2.23. The van der Waals surface area contributed by atoms with Gasteiger partial charge in [-0.3, -0.25) is 9.89 Å². The van der Waals surface area contributed by atoms with Gasteiger partial charge in [0, 0.05) is 6.54 Å². The molecule has 0 saturated heterocycles. The SMILES string of the molecule is O=C(NCc1ccc2c(c1)OCCO2)c1cc(-c2cccs2)[nH]n1. The first kappa shape index (κ1) is 14.8. The number of H-pyrrole nitrogens is 1. The molecule has 6 nitrogen and oxygen atoms in total. The third-order valence-electron chi connectivity index (χ3n) is 3.66. The molecule has 1 aromatic carbocycles. The molecule has 122 valence electrons. The van der Waals surface area contributed by atoms with E-state index in [1.807, 2.05) is 35.7 Å². The van der Waals surface area contributed by atoms with Gasteiger partial charge in [0.1, 0.15) is 13.2 Å². The van der Waals surface area contributed by atoms with Crippen molar-refractivity contribution in [2.45, 2.75) is 6.54 Å². The molecule has 0 radical (unpaired) electrons. The van der Waals surface area contributed by atoms with E-state index in [-0.39, 0.29) is 5.91 Å². The molecular weight excluding hydrogens is 326 g/mol. The second-order valence-electron chi connectivity index (χ2n) is 5.30. The van der Waals surface area contributed by atoms with Crippen LogP contribution >= 0.6 is 11.3 Å². The molecular formula is C17H15N3O3S. The summed E-state index contributed by atoms with van der Waals surface area (Å²) < 4.78 is 11.0. The molecule has 3 heterocycles. The van der Waals surface area contributed by atoms with E-state index >= 15 is 0 Å². The number of carbonyl (C=O) groups is 1. The van der Waals surface area contributed by atoms with Crippen molar-refractivity contribution in [2.75, 3.05) is 13.2 Å². The van der Waals surface area contributed by atoms with Crippen molar-refractivity contribution in [1.29, 1.82) is 0 Å². The van der Waals surface area contributed by atoms with E-state index in [1.165, 1.54) is 0 Å². The molecule has 0 unspecified atom stereocenters. The zero-order valence-electron chi connectivity index (χ0n) is 12.7. The van der Waals surface area contributed by atoms with Crippen LogP contribution in [0.15, 0.2) is 41.8 Å². The quantitative estimate of drug-likeness (QED) is 0.765. The molecule has 1 aliphatic rings. The number of thiophene rings is 1. The van der Waals surface area contributed by atoms with E-state index in [0.29, 0.717) is 31.2 Å². The van der Waals surface area contributed by atoms with Crippen LogP contribution in [0.3, 0.4) is 0 Å². The fourth-order valence-corrected chi connectivity index (χ4v) is 3.16. The van der Waals surface area contributed by atoms with E-state index in [0.717, 1.165) is 21.9 Å². The van der Waals surface area contributed by atoms with Gasteiger partial charge in [0.05, 0.1) is 10.6 Å². The second kappa shape index (κ2) is 6.37. The van der Waals surface area contributed by atoms with Crippen LogP contribution in [0.1, 0.15) is 16.1 Å². The van der Waals surface area contributed by atoms with Crippen molar-refractivity contribution in [1.82, 2.24) is 15.5 Å². The van der Waals surface area contributed by atoms with E-state index < -0.39 is 0 Å². The molecule has 0 saturated carbocycles. The molecule has 0 atom stereocenters. The van der Waals surface area contributed by atoms with E-state index in [2.05, 4.69) is 15.5 Å². The minimum atomic E-state index is -0.219. The normalized spacial score (nSPS) is 12.8. The molecule has 1 amide bonds. The topological polar surface area (TPSA) is 76.2 Å². The predicted molar refractivity (Wildman–Crippen MR) is 90.5 cm³/mol. The van der Waals surface area contributed by atoms with Crippen LogP contribution in [-0.4, -0.2) is 29.3 Å². The molecule has 7 heteroatoms. The fraction of sp³-hybridized carbons (Fsp3) is 0.176. The smallest absolute Gasteiger partial charge is 0.272 e. The van der Waals surface area contributed by atoms with Gasteiger partial charge in [0.15, 0.2) is 17.2 Å². The summed E-state index contributed by atoms with van der Waals surface area (Å²) in [5, 5.41) is 11.8. The Morgan fingerprint density at radius 1 is 1.21 bits per heavy atom. The number of benzene rings is 1. The molecule has 1 aliphatic heterocycles. The summed E-state index contributed by atoms with van der Waals surface area (Å²) >= 11 is 1.60. The number of aromatic nitrogens is 2. The standard InChI is InChI=1S/C17H15N3O3S/c21-17(13-9-12(19-20-13)16-2-1-7-24-16)18-10-11-3-4-14-15(8-11)23-6-5-22-14/h1-4,7-9H,5-6,10H2,(H,18,21)(H,19,20). The average Bonchev–Trinajstić information content (AvgIpc) is 3.30. The third kappa shape index (κ3) is 2.98. The number of fused-ring (bicyclic) bond motifs is 1. The molecule has 2 aromatic heterocycles. The lowest BCUT2D eigenvalue weighted by molar-refractivity contribution is 0.0946. The predicted octanol–water partition coefficient (Wildman–Crippen LogP) is 2.84. The Morgan fingerprint density at radius 2 is 2.08 bits per heavy atom. The molecule has 2 N–H and O–H groups in total. The Hall–Kier alpha value is -2.80. The minimum Gasteiger partial charge on any atom is -0.486 e. The first-order valence-corrected chi connectivity index (χ1v) is 8.43. The van der Waals surface area contributed by atoms with Gasteiger partial charge < -0.3 is 14.8 Å². The van der Waals surface area contributed by atoms with Crippen LogP contribution in [0.2, 0.25) is 0 Å². The van der Waals surface area contributed by atoms with Crippen molar-refractivity contribution in [3.05, 3.63) is 53.0 Å². The number of hydrogen-bond acceptors (Lipinski definition) is 5. The molecule has 4 rings (SSSR count). The van der Waals surface area contributed by atoms with Crippen molar-refractivity contribution in [2.24, 2.45) is 0 Å². The first-order chi connectivity index (χ1) is 11.8. The zero-order valence-corrected chi connectivity index (χ0v) is 13.6. The van der Waals surface area contributed by atoms with Crippen molar-refractivity contribution in [3.63, 3.8) is 0 Å². The number of nitrogens with one attached hydrogen (secondary N) is 2. The maximum atomic E-state index is 12.2. The zero-order chi connectivity index (χ0) is 16.4. The van der Waals surface area contributed by atoms with Crippen LogP contribution in [0, 0.1) is 0 Å². The molecule has 0 aliphatic carbocycles. The molecule has 0 fully saturated rings. The molecule has 3 aromatic rings. The van der Waals surface area contributed by atoms with E-state index in [1.54, 1.807) is 17.4 Å². The minimum absolute atomic E-state index is 0.219. The second-order valence-corrected chi connectivity index (χ2v) is 6.25. The molecule has 0 bridgehead atoms. The highest BCUT2D eigenvalue weighted by Crippen LogP contribution is 2.30. The Balaban J connectivity index is 1.41. The average molecular weight is 341 g/mol. The lowest BCUT2D eigenvalue weighted by atomic mass is 10.2. The van der Waals surface area contributed by atoms with Gasteiger partial charge in [0.2, 0.25) is 0 Å². The highest BCUT2D eigenvalue weighted by Gasteiger charge is 2.14. The van der Waals surface area contributed by atoms with Crippen LogP contribution in [0.25, 0.3) is 10.6 Å². The number of nitrogens with zero attached hydrogens (tertiary/aromatic N) is 1. The van der Waals surface area contributed by atoms with Crippen molar-refractivity contribution in [3.8, 4) is 22.1 Å². The summed E-state index contributed by atoms with van der Waals surface area (Å²) in [4.78, 5) is 13.3. The van der Waals surface area contributed by atoms with Gasteiger partial charge in [-0.1, -0.05) is 12.1 Å². The highest BCUT2D eigenvalue weighted by molar-refractivity contribution is 7.13. The number of rotatable bonds is 4. The third-order valence-corrected chi connectivity index (χ3v) is 4.56. The van der Waals surface area contributed by atoms with Gasteiger partial charge in [-0.2, -0.15) is 5.10 Å². The number of carbonyl (C=O) groups excluding carboxylic acids is 1. The summed E-state index contributed by atoms with van der Waals surface area (Å²) in [5.74, 6) is 1.24. The maximum absolute atomic E-state index is 12.2. The number of ether oxygens (including phenoxy) is 2. The van der Waals surface area contributed by atoms with Crippen LogP contribution in [0.5, 0.6) is 11.5 Å². The van der Waals surface area contributed by atoms with Crippen molar-refractivity contribution < 1.29 is 14.3 Å². The Bertz CT molecular complexity index is 858. The van der Waals surface area contributed by atoms with Gasteiger partial charge >= 0.3 is 0 Å². The van der Waals surface area contributed by atoms with Crippen molar-refractivity contribution >= 4 is 17.2 Å². The van der Waals surface area contributed by atoms with Gasteiger partial charge in [-0.15, -0.1) is 11.3 Å². The molecule has 0 spiro atoms. The van der Waals surface area contributed by atoms with Gasteiger partial charge in [-0.05, 0) is 35.2 Å². The van der Waals surface area contributed by atoms with Crippen LogP contribution < -0.4 is 14.8 Å². The number of hydrogen-bond donors (Lipinski definition) is 2. The Labute approximate surface area is 142 Å². The summed E-state index contributed by atoms with van der Waals surface area (Å²) in [6, 6.07) is 11.4. The number of amides is 1. The monoisotopic (exact) mass is 341 g/mol. The molecule has 24 heavy (non-hydrogen) atoms. The van der Waals surface area contributed by atoms with Gasteiger partial charge in [-0.25, -0.2) is 0 Å².